The highest BCUT2D eigenvalue weighted by atomic mass is 32.2. The van der Waals surface area contributed by atoms with E-state index in [-0.39, 0.29) is 23.3 Å². The average molecular weight is 230 g/mol. The molecular weight excluding hydrogens is 220 g/mol. The molecule has 1 aliphatic rings. The zero-order valence-electron chi connectivity index (χ0n) is 8.13. The number of hydrogen-bond donors (Lipinski definition) is 0. The van der Waals surface area contributed by atoms with E-state index in [9.17, 15) is 13.2 Å². The number of carbonyl (C=O) groups is 1. The summed E-state index contributed by atoms with van der Waals surface area (Å²) >= 11 is 0. The van der Waals surface area contributed by atoms with Crippen molar-refractivity contribution in [2.75, 3.05) is 11.5 Å². The molecular formula is C8H10N2O4S. The molecule has 1 unspecified atom stereocenters. The molecule has 1 atom stereocenters. The Morgan fingerprint density at radius 2 is 2.20 bits per heavy atom. The molecule has 0 radical (unpaired) electrons. The summed E-state index contributed by atoms with van der Waals surface area (Å²) in [5, 5.41) is 7.19. The summed E-state index contributed by atoms with van der Waals surface area (Å²) in [6.45, 7) is 1.75. The smallest absolute Gasteiger partial charge is 0.280 e. The molecule has 1 aromatic heterocycles. The van der Waals surface area contributed by atoms with Crippen molar-refractivity contribution >= 4 is 16.1 Å². The van der Waals surface area contributed by atoms with Crippen LogP contribution in [0.15, 0.2) is 4.42 Å². The van der Waals surface area contributed by atoms with Crippen LogP contribution in [0.25, 0.3) is 0 Å². The molecule has 7 heteroatoms. The van der Waals surface area contributed by atoms with Crippen LogP contribution >= 0.6 is 0 Å². The van der Waals surface area contributed by atoms with E-state index in [4.69, 9.17) is 4.42 Å². The van der Waals surface area contributed by atoms with Gasteiger partial charge in [0, 0.05) is 0 Å². The second-order valence-electron chi connectivity index (χ2n) is 3.97. The Bertz CT molecular complexity index is 492. The third kappa shape index (κ3) is 1.79. The van der Waals surface area contributed by atoms with Gasteiger partial charge in [-0.05, 0) is 13.3 Å². The summed E-state index contributed by atoms with van der Waals surface area (Å²) in [5.74, 6) is 0.240. The molecule has 15 heavy (non-hydrogen) atoms. The maximum atomic E-state index is 11.3. The van der Waals surface area contributed by atoms with Gasteiger partial charge in [0.15, 0.2) is 9.84 Å². The van der Waals surface area contributed by atoms with Gasteiger partial charge >= 0.3 is 0 Å². The highest BCUT2D eigenvalue weighted by Crippen LogP contribution is 2.34. The van der Waals surface area contributed by atoms with E-state index >= 15 is 0 Å². The second-order valence-corrected chi connectivity index (χ2v) is 6.15. The normalized spacial score (nSPS) is 29.1. The molecule has 1 fully saturated rings. The summed E-state index contributed by atoms with van der Waals surface area (Å²) in [5.41, 5.74) is -0.646. The van der Waals surface area contributed by atoms with Gasteiger partial charge in [-0.2, -0.15) is 0 Å². The summed E-state index contributed by atoms with van der Waals surface area (Å²) < 4.78 is 27.7. The Morgan fingerprint density at radius 1 is 1.47 bits per heavy atom. The fourth-order valence-electron chi connectivity index (χ4n) is 1.71. The van der Waals surface area contributed by atoms with Gasteiger partial charge in [0.25, 0.3) is 5.89 Å². The molecule has 0 N–H and O–H groups in total. The highest BCUT2D eigenvalue weighted by molar-refractivity contribution is 7.91. The van der Waals surface area contributed by atoms with E-state index < -0.39 is 15.3 Å². The van der Waals surface area contributed by atoms with Gasteiger partial charge in [-0.3, -0.25) is 4.79 Å². The molecule has 0 amide bonds. The molecule has 0 aromatic carbocycles. The van der Waals surface area contributed by atoms with Crippen molar-refractivity contribution in [3.8, 4) is 0 Å². The second kappa shape index (κ2) is 3.13. The molecule has 1 aromatic rings. The van der Waals surface area contributed by atoms with Crippen molar-refractivity contribution in [2.24, 2.45) is 0 Å². The number of carbonyl (C=O) groups excluding carboxylic acids is 1. The molecule has 1 aliphatic heterocycles. The van der Waals surface area contributed by atoms with Gasteiger partial charge < -0.3 is 4.42 Å². The molecule has 0 spiro atoms. The highest BCUT2D eigenvalue weighted by Gasteiger charge is 2.43. The van der Waals surface area contributed by atoms with Crippen molar-refractivity contribution in [3.05, 3.63) is 11.8 Å². The van der Waals surface area contributed by atoms with Crippen LogP contribution in [0, 0.1) is 0 Å². The van der Waals surface area contributed by atoms with Crippen molar-refractivity contribution in [2.45, 2.75) is 18.8 Å². The van der Waals surface area contributed by atoms with E-state index in [0.29, 0.717) is 12.7 Å². The van der Waals surface area contributed by atoms with E-state index in [0.717, 1.165) is 0 Å². The zero-order valence-corrected chi connectivity index (χ0v) is 8.95. The van der Waals surface area contributed by atoms with Crippen molar-refractivity contribution in [1.29, 1.82) is 0 Å². The van der Waals surface area contributed by atoms with Crippen LogP contribution in [0.4, 0.5) is 0 Å². The van der Waals surface area contributed by atoms with Crippen molar-refractivity contribution < 1.29 is 17.6 Å². The molecule has 2 rings (SSSR count). The Morgan fingerprint density at radius 3 is 2.67 bits per heavy atom. The van der Waals surface area contributed by atoms with Gasteiger partial charge in [0.05, 0.1) is 16.9 Å². The van der Waals surface area contributed by atoms with Crippen LogP contribution < -0.4 is 0 Å². The zero-order chi connectivity index (χ0) is 11.1. The van der Waals surface area contributed by atoms with Crippen molar-refractivity contribution in [1.82, 2.24) is 10.2 Å². The lowest BCUT2D eigenvalue weighted by atomic mass is 9.90. The van der Waals surface area contributed by atoms with E-state index in [1.54, 1.807) is 6.92 Å². The topological polar surface area (TPSA) is 90.1 Å². The minimum Gasteiger partial charge on any atom is -0.418 e. The van der Waals surface area contributed by atoms with E-state index in [2.05, 4.69) is 10.2 Å². The molecule has 0 bridgehead atoms. The minimum atomic E-state index is -3.02. The van der Waals surface area contributed by atoms with Crippen LogP contribution in [-0.4, -0.2) is 36.4 Å². The first-order chi connectivity index (χ1) is 6.95. The standard InChI is InChI=1S/C8H10N2O4S/c1-8(2-3-15(12,13)5-8)7-10-9-6(4-11)14-7/h4H,2-3,5H2,1H3. The summed E-state index contributed by atoms with van der Waals surface area (Å²) in [4.78, 5) is 10.4. The molecule has 0 saturated carbocycles. The van der Waals surface area contributed by atoms with E-state index in [1.807, 2.05) is 0 Å². The first-order valence-electron chi connectivity index (χ1n) is 4.45. The summed E-state index contributed by atoms with van der Waals surface area (Å²) in [6, 6.07) is 0. The number of rotatable bonds is 2. The first kappa shape index (κ1) is 10.3. The van der Waals surface area contributed by atoms with Gasteiger partial charge in [-0.15, -0.1) is 10.2 Å². The van der Waals surface area contributed by atoms with Crippen LogP contribution in [0.2, 0.25) is 0 Å². The van der Waals surface area contributed by atoms with Gasteiger partial charge in [-0.25, -0.2) is 8.42 Å². The van der Waals surface area contributed by atoms with Gasteiger partial charge in [-0.1, -0.05) is 0 Å². The van der Waals surface area contributed by atoms with E-state index in [1.165, 1.54) is 0 Å². The fourth-order valence-corrected chi connectivity index (χ4v) is 3.85. The van der Waals surface area contributed by atoms with Crippen molar-refractivity contribution in [3.63, 3.8) is 0 Å². The Labute approximate surface area is 86.6 Å². The van der Waals surface area contributed by atoms with Crippen LogP contribution in [0.1, 0.15) is 29.9 Å². The third-order valence-electron chi connectivity index (χ3n) is 2.56. The number of hydrogen-bond acceptors (Lipinski definition) is 6. The predicted octanol–water partition coefficient (Wildman–Crippen LogP) is -0.0417. The quantitative estimate of drug-likeness (QED) is 0.662. The van der Waals surface area contributed by atoms with Crippen LogP contribution in [0.3, 0.4) is 0 Å². The molecule has 6 nitrogen and oxygen atoms in total. The maximum Gasteiger partial charge on any atom is 0.280 e. The average Bonchev–Trinajstić information content (AvgIpc) is 2.71. The third-order valence-corrected chi connectivity index (χ3v) is 4.46. The molecule has 82 valence electrons. The maximum absolute atomic E-state index is 11.3. The van der Waals surface area contributed by atoms with Crippen LogP contribution in [-0.2, 0) is 15.3 Å². The monoisotopic (exact) mass is 230 g/mol. The summed E-state index contributed by atoms with van der Waals surface area (Å²) in [7, 11) is -3.02. The lowest BCUT2D eigenvalue weighted by Gasteiger charge is -2.15. The lowest BCUT2D eigenvalue weighted by molar-refractivity contribution is 0.109. The van der Waals surface area contributed by atoms with Gasteiger partial charge in [0.1, 0.15) is 0 Å². The lowest BCUT2D eigenvalue weighted by Crippen LogP contribution is -2.23. The molecule has 2 heterocycles. The minimum absolute atomic E-state index is 0.000487. The number of aromatic nitrogens is 2. The number of aldehydes is 1. The Balaban J connectivity index is 2.35. The first-order valence-corrected chi connectivity index (χ1v) is 6.27. The number of sulfone groups is 1. The Kier molecular flexibility index (Phi) is 2.14. The Hall–Kier alpha value is -1.24. The molecule has 1 saturated heterocycles. The van der Waals surface area contributed by atoms with Crippen LogP contribution in [0.5, 0.6) is 0 Å². The predicted molar refractivity (Wildman–Crippen MR) is 50.3 cm³/mol. The largest absolute Gasteiger partial charge is 0.418 e. The summed E-state index contributed by atoms with van der Waals surface area (Å²) in [6.07, 6.45) is 0.902. The fraction of sp³-hybridized carbons (Fsp3) is 0.625. The molecule has 0 aliphatic carbocycles. The SMILES string of the molecule is CC1(c2nnc(C=O)o2)CCS(=O)(=O)C1. The van der Waals surface area contributed by atoms with Gasteiger partial charge in [0.2, 0.25) is 12.2 Å². The number of nitrogens with zero attached hydrogens (tertiary/aromatic N) is 2.